The standard InChI is InChI=1S/C46H51ClFN11O3/c1-49-39-23-42(54-59-41(25-51-44(39)59)46(62)52-38-22-36(38)48)58-16-13-32-31(3-2-4-40(32)58)37-9-5-29(24-50-37)27-56-19-17-55(18-20-56)26-28-11-14-57(15-12-28)30-6-8-35(47)34(21-30)33-7-10-43(60)53-45(33)61/h2-6,8-9,21,23-25,28,33,36,38,49H,7,10-20,22,26-27H2,1H3,(H,52,62)(H,53,60,61)/t33?,36-,38+/m0/s1. The number of imidazole rings is 1. The number of alkyl halides is 1. The number of amides is 3. The van der Waals surface area contributed by atoms with Crippen LogP contribution in [0.25, 0.3) is 16.9 Å². The van der Waals surface area contributed by atoms with Crippen LogP contribution in [0.1, 0.15) is 65.2 Å². The maximum Gasteiger partial charge on any atom is 0.271 e. The van der Waals surface area contributed by atoms with Crippen LogP contribution in [0, 0.1) is 5.92 Å². The topological polar surface area (TPSA) is 143 Å². The van der Waals surface area contributed by atoms with Gasteiger partial charge in [-0.25, -0.2) is 13.9 Å². The second kappa shape index (κ2) is 16.9. The average Bonchev–Trinajstić information content (AvgIpc) is 3.59. The Kier molecular flexibility index (Phi) is 11.0. The van der Waals surface area contributed by atoms with Gasteiger partial charge in [-0.2, -0.15) is 0 Å². The van der Waals surface area contributed by atoms with Crippen molar-refractivity contribution in [1.82, 2.24) is 40.0 Å². The number of hydrogen-bond acceptors (Lipinski definition) is 11. The van der Waals surface area contributed by atoms with Gasteiger partial charge in [0.25, 0.3) is 5.91 Å². The van der Waals surface area contributed by atoms with Gasteiger partial charge in [-0.3, -0.25) is 29.6 Å². The second-order valence-electron chi connectivity index (χ2n) is 17.3. The third kappa shape index (κ3) is 8.09. The summed E-state index contributed by atoms with van der Waals surface area (Å²) in [5.41, 5.74) is 8.94. The van der Waals surface area contributed by atoms with Gasteiger partial charge in [-0.05, 0) is 78.6 Å². The van der Waals surface area contributed by atoms with Gasteiger partial charge in [-0.1, -0.05) is 29.8 Å². The van der Waals surface area contributed by atoms with E-state index >= 15 is 0 Å². The first-order valence-corrected chi connectivity index (χ1v) is 22.3. The predicted molar refractivity (Wildman–Crippen MR) is 237 cm³/mol. The van der Waals surface area contributed by atoms with Gasteiger partial charge in [0.2, 0.25) is 11.8 Å². The van der Waals surface area contributed by atoms with Gasteiger partial charge in [-0.15, -0.1) is 5.10 Å². The molecule has 5 aliphatic rings. The molecule has 62 heavy (non-hydrogen) atoms. The van der Waals surface area contributed by atoms with Crippen molar-refractivity contribution in [3.8, 4) is 11.3 Å². The number of benzene rings is 2. The van der Waals surface area contributed by atoms with E-state index in [0.29, 0.717) is 41.7 Å². The lowest BCUT2D eigenvalue weighted by Crippen LogP contribution is -2.48. The number of piperazine rings is 1. The summed E-state index contributed by atoms with van der Waals surface area (Å²) in [7, 11) is 1.82. The van der Waals surface area contributed by atoms with Gasteiger partial charge in [0.1, 0.15) is 6.17 Å². The Balaban J connectivity index is 0.728. The lowest BCUT2D eigenvalue weighted by Gasteiger charge is -2.39. The van der Waals surface area contributed by atoms with Gasteiger partial charge in [0.05, 0.1) is 29.5 Å². The van der Waals surface area contributed by atoms with Crippen LogP contribution in [0.5, 0.6) is 0 Å². The number of carbonyl (C=O) groups is 3. The lowest BCUT2D eigenvalue weighted by atomic mass is 9.89. The number of rotatable bonds is 11. The number of fused-ring (bicyclic) bond motifs is 2. The van der Waals surface area contributed by atoms with E-state index in [9.17, 15) is 18.8 Å². The first-order valence-electron chi connectivity index (χ1n) is 21.9. The lowest BCUT2D eigenvalue weighted by molar-refractivity contribution is -0.134. The van der Waals surface area contributed by atoms with Crippen molar-refractivity contribution in [1.29, 1.82) is 0 Å². The number of imide groups is 1. The first-order chi connectivity index (χ1) is 30.2. The molecule has 3 amide bonds. The Hall–Kier alpha value is -5.64. The molecule has 322 valence electrons. The fourth-order valence-electron chi connectivity index (χ4n) is 9.68. The largest absolute Gasteiger partial charge is 0.385 e. The molecule has 3 atom stereocenters. The summed E-state index contributed by atoms with van der Waals surface area (Å²) in [6, 6.07) is 18.1. The van der Waals surface area contributed by atoms with Gasteiger partial charge in [0, 0.05) is 113 Å². The zero-order chi connectivity index (χ0) is 42.5. The Labute approximate surface area is 364 Å². The number of carbonyl (C=O) groups excluding carboxylic acids is 3. The highest BCUT2D eigenvalue weighted by Crippen LogP contribution is 2.40. The van der Waals surface area contributed by atoms with E-state index in [0.717, 1.165) is 112 Å². The van der Waals surface area contributed by atoms with Gasteiger partial charge < -0.3 is 25.3 Å². The van der Waals surface area contributed by atoms with Gasteiger partial charge in [0.15, 0.2) is 17.2 Å². The fourth-order valence-corrected chi connectivity index (χ4v) is 9.93. The van der Waals surface area contributed by atoms with Crippen LogP contribution >= 0.6 is 11.6 Å². The quantitative estimate of drug-likeness (QED) is 0.144. The normalized spacial score (nSPS) is 22.2. The number of nitrogens with zero attached hydrogens (tertiary/aromatic N) is 8. The fraction of sp³-hybridized carbons (Fsp3) is 0.435. The van der Waals surface area contributed by atoms with Crippen LogP contribution in [0.3, 0.4) is 0 Å². The molecule has 5 aromatic rings. The smallest absolute Gasteiger partial charge is 0.271 e. The van der Waals surface area contributed by atoms with Crippen LogP contribution in [0.15, 0.2) is 67.0 Å². The summed E-state index contributed by atoms with van der Waals surface area (Å²) in [4.78, 5) is 56.4. The Bertz CT molecular complexity index is 2520. The van der Waals surface area contributed by atoms with E-state index in [2.05, 4.69) is 76.9 Å². The molecule has 7 heterocycles. The molecular formula is C46H51ClFN11O3. The van der Waals surface area contributed by atoms with Crippen LogP contribution in [0.4, 0.5) is 27.3 Å². The summed E-state index contributed by atoms with van der Waals surface area (Å²) < 4.78 is 15.1. The molecule has 0 spiro atoms. The molecule has 4 fully saturated rings. The summed E-state index contributed by atoms with van der Waals surface area (Å²) in [5, 5.41) is 13.9. The molecule has 3 N–H and O–H groups in total. The van der Waals surface area contributed by atoms with Gasteiger partial charge >= 0.3 is 0 Å². The molecule has 16 heteroatoms. The number of aromatic nitrogens is 4. The van der Waals surface area contributed by atoms with Crippen molar-refractivity contribution >= 4 is 57.8 Å². The molecule has 0 radical (unpaired) electrons. The molecule has 10 rings (SSSR count). The summed E-state index contributed by atoms with van der Waals surface area (Å²) >= 11 is 6.55. The van der Waals surface area contributed by atoms with Crippen LogP contribution in [-0.2, 0) is 22.6 Å². The Morgan fingerprint density at radius 1 is 0.919 bits per heavy atom. The number of halogens is 2. The van der Waals surface area contributed by atoms with Crippen molar-refractivity contribution in [3.05, 3.63) is 94.4 Å². The minimum absolute atomic E-state index is 0.217. The van der Waals surface area contributed by atoms with E-state index in [1.165, 1.54) is 17.3 Å². The van der Waals surface area contributed by atoms with E-state index in [4.69, 9.17) is 21.7 Å². The van der Waals surface area contributed by atoms with Crippen molar-refractivity contribution in [2.24, 2.45) is 5.92 Å². The molecule has 2 aromatic carbocycles. The molecule has 1 saturated carbocycles. The number of pyridine rings is 1. The molecule has 1 unspecified atom stereocenters. The molecule has 3 aromatic heterocycles. The second-order valence-corrected chi connectivity index (χ2v) is 17.8. The maximum absolute atomic E-state index is 13.6. The highest BCUT2D eigenvalue weighted by atomic mass is 35.5. The molecule has 0 bridgehead atoms. The third-order valence-electron chi connectivity index (χ3n) is 13.4. The first kappa shape index (κ1) is 40.4. The molecule has 1 aliphatic carbocycles. The number of anilines is 4. The molecule has 4 aliphatic heterocycles. The highest BCUT2D eigenvalue weighted by Gasteiger charge is 2.39. The minimum atomic E-state index is -0.999. The Morgan fingerprint density at radius 2 is 1.73 bits per heavy atom. The molecular weight excluding hydrogens is 809 g/mol. The number of nitrogens with one attached hydrogen (secondary N) is 3. The molecule has 14 nitrogen and oxygen atoms in total. The summed E-state index contributed by atoms with van der Waals surface area (Å²) in [6.45, 7) is 8.80. The van der Waals surface area contributed by atoms with E-state index < -0.39 is 12.2 Å². The minimum Gasteiger partial charge on any atom is -0.385 e. The SMILES string of the molecule is CNc1cc(N2CCc3c(-c4ccc(CN5CCN(CC6CCN(c7ccc(Cl)c(C8CCC(=O)NC8=O)c7)CC6)CC5)cn4)cccc32)nn2c(C(=O)N[C@@H]3C[C@@H]3F)cnc12. The maximum atomic E-state index is 13.6. The monoisotopic (exact) mass is 859 g/mol. The highest BCUT2D eigenvalue weighted by molar-refractivity contribution is 6.31. The summed E-state index contributed by atoms with van der Waals surface area (Å²) in [6.07, 6.45) is 6.73. The predicted octanol–water partition coefficient (Wildman–Crippen LogP) is 5.58. The van der Waals surface area contributed by atoms with E-state index in [-0.39, 0.29) is 29.3 Å². The van der Waals surface area contributed by atoms with E-state index in [1.54, 1.807) is 4.52 Å². The van der Waals surface area contributed by atoms with E-state index in [1.807, 2.05) is 31.4 Å². The summed E-state index contributed by atoms with van der Waals surface area (Å²) in [5.74, 6) is 0.0835. The average molecular weight is 860 g/mol. The van der Waals surface area contributed by atoms with Crippen LogP contribution in [0.2, 0.25) is 5.02 Å². The molecule has 3 saturated heterocycles. The van der Waals surface area contributed by atoms with Crippen molar-refractivity contribution in [2.75, 3.05) is 74.5 Å². The zero-order valence-electron chi connectivity index (χ0n) is 34.8. The van der Waals surface area contributed by atoms with Crippen LogP contribution < -0.4 is 25.8 Å². The Morgan fingerprint density at radius 3 is 2.47 bits per heavy atom. The van der Waals surface area contributed by atoms with Crippen LogP contribution in [-0.4, -0.2) is 119 Å². The number of piperidine rings is 2. The van der Waals surface area contributed by atoms with Crippen molar-refractivity contribution in [2.45, 2.75) is 63.2 Å². The van der Waals surface area contributed by atoms with Crippen molar-refractivity contribution in [3.63, 3.8) is 0 Å². The number of hydrogen-bond donors (Lipinski definition) is 3. The van der Waals surface area contributed by atoms with Crippen molar-refractivity contribution < 1.29 is 18.8 Å². The zero-order valence-corrected chi connectivity index (χ0v) is 35.6. The third-order valence-corrected chi connectivity index (χ3v) is 13.7.